The highest BCUT2D eigenvalue weighted by Gasteiger charge is 2.48. The summed E-state index contributed by atoms with van der Waals surface area (Å²) >= 11 is 3.42. The Balaban J connectivity index is 1.74. The van der Waals surface area contributed by atoms with Gasteiger partial charge in [0.15, 0.2) is 0 Å². The maximum atomic E-state index is 4.83. The normalized spacial score (nSPS) is 16.4. The summed E-state index contributed by atoms with van der Waals surface area (Å²) in [6, 6.07) is 10.7. The van der Waals surface area contributed by atoms with E-state index in [4.69, 9.17) is 4.98 Å². The van der Waals surface area contributed by atoms with Crippen LogP contribution in [0.15, 0.2) is 47.3 Å². The van der Waals surface area contributed by atoms with Crippen LogP contribution in [0.1, 0.15) is 23.4 Å². The Morgan fingerprint density at radius 1 is 1.05 bits per heavy atom. The molecule has 0 radical (unpaired) electrons. The van der Waals surface area contributed by atoms with E-state index in [-0.39, 0.29) is 5.41 Å². The zero-order valence-corrected chi connectivity index (χ0v) is 11.9. The largest absolute Gasteiger partial charge is 0.243 e. The molecule has 3 aromatic rings. The highest BCUT2D eigenvalue weighted by atomic mass is 32.1. The number of hydrogen-bond acceptors (Lipinski definition) is 4. The molecule has 0 saturated heterocycles. The van der Waals surface area contributed by atoms with Crippen molar-refractivity contribution in [3.63, 3.8) is 0 Å². The van der Waals surface area contributed by atoms with Gasteiger partial charge in [0.05, 0.1) is 0 Å². The summed E-state index contributed by atoms with van der Waals surface area (Å²) in [6.07, 6.45) is 4.26. The average Bonchev–Trinajstić information content (AvgIpc) is 2.92. The fraction of sp³-hybridized carbons (Fsp3) is 0.200. The topological polar surface area (TPSA) is 25.8 Å². The Hall–Kier alpha value is -1.52. The monoisotopic (exact) mass is 284 g/mol. The number of rotatable bonds is 3. The molecule has 0 unspecified atom stereocenters. The second kappa shape index (κ2) is 4.25. The molecule has 0 N–H and O–H groups in total. The summed E-state index contributed by atoms with van der Waals surface area (Å²) < 4.78 is 0. The molecule has 1 aromatic carbocycles. The maximum Gasteiger partial charge on any atom is 0.142 e. The van der Waals surface area contributed by atoms with Crippen molar-refractivity contribution < 1.29 is 0 Å². The third-order valence-electron chi connectivity index (χ3n) is 3.64. The van der Waals surface area contributed by atoms with Gasteiger partial charge in [-0.25, -0.2) is 9.97 Å². The molecular formula is C15H12N2S2. The van der Waals surface area contributed by atoms with Crippen LogP contribution in [0.2, 0.25) is 0 Å². The van der Waals surface area contributed by atoms with Gasteiger partial charge in [0.2, 0.25) is 0 Å². The van der Waals surface area contributed by atoms with Crippen LogP contribution in [0.5, 0.6) is 0 Å². The first-order chi connectivity index (χ1) is 9.38. The summed E-state index contributed by atoms with van der Waals surface area (Å²) in [6.45, 7) is 0. The predicted octanol–water partition coefficient (Wildman–Crippen LogP) is 4.35. The molecule has 1 aliphatic carbocycles. The Labute approximate surface area is 119 Å². The standard InChI is InChI=1S/C15H12N2S2/c1-2-4-11(5-3-1)15(6-7-15)14-17-12(10-19-14)13-16-8-9-18-13/h1-5,8-10H,6-7H2. The van der Waals surface area contributed by atoms with Crippen molar-refractivity contribution >= 4 is 22.7 Å². The molecule has 0 bridgehead atoms. The molecule has 4 rings (SSSR count). The van der Waals surface area contributed by atoms with Gasteiger partial charge in [-0.05, 0) is 18.4 Å². The van der Waals surface area contributed by atoms with Crippen molar-refractivity contribution in [1.82, 2.24) is 9.97 Å². The molecule has 0 atom stereocenters. The number of hydrogen-bond donors (Lipinski definition) is 0. The van der Waals surface area contributed by atoms with Crippen LogP contribution in [0.4, 0.5) is 0 Å². The second-order valence-electron chi connectivity index (χ2n) is 4.82. The van der Waals surface area contributed by atoms with Gasteiger partial charge in [-0.1, -0.05) is 30.3 Å². The van der Waals surface area contributed by atoms with E-state index in [0.29, 0.717) is 0 Å². The van der Waals surface area contributed by atoms with Gasteiger partial charge in [0, 0.05) is 22.4 Å². The Bertz CT molecular complexity index is 682. The summed E-state index contributed by atoms with van der Waals surface area (Å²) in [5.41, 5.74) is 2.61. The van der Waals surface area contributed by atoms with Crippen LogP contribution < -0.4 is 0 Å². The van der Waals surface area contributed by atoms with E-state index in [0.717, 1.165) is 10.7 Å². The van der Waals surface area contributed by atoms with Crippen LogP contribution in [0, 0.1) is 0 Å². The molecule has 2 heterocycles. The number of nitrogens with zero attached hydrogens (tertiary/aromatic N) is 2. The van der Waals surface area contributed by atoms with Crippen LogP contribution in [-0.4, -0.2) is 9.97 Å². The summed E-state index contributed by atoms with van der Waals surface area (Å²) in [5, 5.41) is 6.39. The smallest absolute Gasteiger partial charge is 0.142 e. The number of thiazole rings is 2. The average molecular weight is 284 g/mol. The fourth-order valence-electron chi connectivity index (χ4n) is 2.45. The molecule has 1 saturated carbocycles. The molecule has 1 fully saturated rings. The molecule has 0 amide bonds. The Morgan fingerprint density at radius 2 is 1.89 bits per heavy atom. The Kier molecular flexibility index (Phi) is 2.53. The van der Waals surface area contributed by atoms with Gasteiger partial charge in [-0.2, -0.15) is 0 Å². The molecule has 94 valence electrons. The minimum Gasteiger partial charge on any atom is -0.243 e. The van der Waals surface area contributed by atoms with E-state index < -0.39 is 0 Å². The fourth-order valence-corrected chi connectivity index (χ4v) is 4.21. The highest BCUT2D eigenvalue weighted by molar-refractivity contribution is 7.14. The van der Waals surface area contributed by atoms with Gasteiger partial charge < -0.3 is 0 Å². The molecule has 2 aromatic heterocycles. The van der Waals surface area contributed by atoms with Crippen molar-refractivity contribution in [2.75, 3.05) is 0 Å². The zero-order valence-electron chi connectivity index (χ0n) is 10.2. The van der Waals surface area contributed by atoms with Crippen molar-refractivity contribution in [2.45, 2.75) is 18.3 Å². The van der Waals surface area contributed by atoms with E-state index in [1.54, 1.807) is 22.7 Å². The molecular weight excluding hydrogens is 272 g/mol. The number of benzene rings is 1. The van der Waals surface area contributed by atoms with Gasteiger partial charge in [-0.15, -0.1) is 22.7 Å². The summed E-state index contributed by atoms with van der Waals surface area (Å²) in [5.74, 6) is 0. The Morgan fingerprint density at radius 3 is 2.58 bits per heavy atom. The lowest BCUT2D eigenvalue weighted by atomic mass is 9.97. The molecule has 19 heavy (non-hydrogen) atoms. The van der Waals surface area contributed by atoms with Crippen molar-refractivity contribution in [1.29, 1.82) is 0 Å². The van der Waals surface area contributed by atoms with Gasteiger partial charge in [-0.3, -0.25) is 0 Å². The molecule has 0 aliphatic heterocycles. The van der Waals surface area contributed by atoms with E-state index in [1.165, 1.54) is 23.4 Å². The van der Waals surface area contributed by atoms with Crippen LogP contribution in [0.3, 0.4) is 0 Å². The van der Waals surface area contributed by atoms with Gasteiger partial charge >= 0.3 is 0 Å². The van der Waals surface area contributed by atoms with E-state index in [2.05, 4.69) is 40.7 Å². The zero-order chi connectivity index (χ0) is 12.7. The molecule has 1 aliphatic rings. The lowest BCUT2D eigenvalue weighted by molar-refractivity contribution is 0.834. The molecule has 2 nitrogen and oxygen atoms in total. The summed E-state index contributed by atoms with van der Waals surface area (Å²) in [4.78, 5) is 9.17. The first-order valence-corrected chi connectivity index (χ1v) is 8.06. The third kappa shape index (κ3) is 1.83. The van der Waals surface area contributed by atoms with Gasteiger partial charge in [0.1, 0.15) is 15.7 Å². The summed E-state index contributed by atoms with van der Waals surface area (Å²) in [7, 11) is 0. The maximum absolute atomic E-state index is 4.83. The lowest BCUT2D eigenvalue weighted by Gasteiger charge is -2.11. The van der Waals surface area contributed by atoms with E-state index >= 15 is 0 Å². The highest BCUT2D eigenvalue weighted by Crippen LogP contribution is 2.54. The third-order valence-corrected chi connectivity index (χ3v) is 5.48. The number of aromatic nitrogens is 2. The quantitative estimate of drug-likeness (QED) is 0.714. The first-order valence-electron chi connectivity index (χ1n) is 6.30. The van der Waals surface area contributed by atoms with E-state index in [9.17, 15) is 0 Å². The van der Waals surface area contributed by atoms with E-state index in [1.807, 2.05) is 11.6 Å². The van der Waals surface area contributed by atoms with Crippen LogP contribution in [0.25, 0.3) is 10.7 Å². The van der Waals surface area contributed by atoms with Crippen LogP contribution >= 0.6 is 22.7 Å². The molecule has 0 spiro atoms. The van der Waals surface area contributed by atoms with Crippen molar-refractivity contribution in [2.24, 2.45) is 0 Å². The molecule has 4 heteroatoms. The lowest BCUT2D eigenvalue weighted by Crippen LogP contribution is -2.07. The van der Waals surface area contributed by atoms with Crippen molar-refractivity contribution in [3.8, 4) is 10.7 Å². The minimum absolute atomic E-state index is 0.182. The van der Waals surface area contributed by atoms with Gasteiger partial charge in [0.25, 0.3) is 0 Å². The first kappa shape index (κ1) is 11.3. The second-order valence-corrected chi connectivity index (χ2v) is 6.58. The van der Waals surface area contributed by atoms with Crippen molar-refractivity contribution in [3.05, 3.63) is 57.9 Å². The predicted molar refractivity (Wildman–Crippen MR) is 79.7 cm³/mol. The minimum atomic E-state index is 0.182. The van der Waals surface area contributed by atoms with Crippen LogP contribution in [-0.2, 0) is 5.41 Å². The SMILES string of the molecule is c1ccc(C2(c3nc(-c4nccs4)cs3)CC2)cc1.